The number of thiophene rings is 1. The zero-order valence-electron chi connectivity index (χ0n) is 9.20. The van der Waals surface area contributed by atoms with E-state index in [0.29, 0.717) is 28.5 Å². The van der Waals surface area contributed by atoms with E-state index in [1.54, 1.807) is 6.07 Å². The fraction of sp³-hybridized carbons (Fsp3) is 0.154. The molecule has 1 aliphatic rings. The summed E-state index contributed by atoms with van der Waals surface area (Å²) in [6.45, 7) is 0.614. The number of ketones is 1. The highest BCUT2D eigenvalue weighted by Gasteiger charge is 2.23. The molecule has 0 spiro atoms. The molecular weight excluding hydrogens is 336 g/mol. The van der Waals surface area contributed by atoms with Gasteiger partial charge in [-0.25, -0.2) is 0 Å². The van der Waals surface area contributed by atoms with Crippen molar-refractivity contribution < 1.29 is 9.53 Å². The van der Waals surface area contributed by atoms with Gasteiger partial charge in [-0.2, -0.15) is 0 Å². The Labute approximate surface area is 122 Å². The molecule has 0 saturated carbocycles. The first-order chi connectivity index (χ1) is 8.65. The summed E-state index contributed by atoms with van der Waals surface area (Å²) in [7, 11) is 0. The molecule has 1 aromatic carbocycles. The van der Waals surface area contributed by atoms with E-state index in [1.165, 1.54) is 11.3 Å². The lowest BCUT2D eigenvalue weighted by Crippen LogP contribution is -2.02. The second kappa shape index (κ2) is 4.68. The molecule has 0 atom stereocenters. The van der Waals surface area contributed by atoms with Crippen LogP contribution in [0.2, 0.25) is 5.02 Å². The van der Waals surface area contributed by atoms with Crippen LogP contribution in [0.1, 0.15) is 21.5 Å². The Bertz CT molecular complexity index is 636. The Balaban J connectivity index is 2.10. The summed E-state index contributed by atoms with van der Waals surface area (Å²) in [5, 5.41) is 2.41. The van der Waals surface area contributed by atoms with E-state index >= 15 is 0 Å². The van der Waals surface area contributed by atoms with Crippen molar-refractivity contribution in [3.8, 4) is 5.75 Å². The van der Waals surface area contributed by atoms with Crippen LogP contribution < -0.4 is 4.74 Å². The lowest BCUT2D eigenvalue weighted by atomic mass is 10.0. The minimum atomic E-state index is -0.0439. The minimum Gasteiger partial charge on any atom is -0.492 e. The van der Waals surface area contributed by atoms with Crippen LogP contribution in [0, 0.1) is 0 Å². The lowest BCUT2D eigenvalue weighted by molar-refractivity contribution is 0.103. The van der Waals surface area contributed by atoms with Crippen molar-refractivity contribution in [1.29, 1.82) is 0 Å². The van der Waals surface area contributed by atoms with Crippen molar-refractivity contribution in [2.75, 3.05) is 6.61 Å². The van der Waals surface area contributed by atoms with Crippen molar-refractivity contribution >= 4 is 44.7 Å². The van der Waals surface area contributed by atoms with Gasteiger partial charge in [-0.15, -0.1) is 11.3 Å². The molecule has 1 aromatic heterocycles. The molecule has 18 heavy (non-hydrogen) atoms. The van der Waals surface area contributed by atoms with Gasteiger partial charge in [0.15, 0.2) is 5.78 Å². The first kappa shape index (κ1) is 12.2. The van der Waals surface area contributed by atoms with Gasteiger partial charge in [0.25, 0.3) is 0 Å². The van der Waals surface area contributed by atoms with Crippen LogP contribution in [0.4, 0.5) is 0 Å². The number of carbonyl (C=O) groups is 1. The number of hydrogen-bond donors (Lipinski definition) is 0. The molecule has 1 aliphatic heterocycles. The molecule has 0 amide bonds. The quantitative estimate of drug-likeness (QED) is 0.759. The van der Waals surface area contributed by atoms with Crippen molar-refractivity contribution in [2.45, 2.75) is 6.42 Å². The molecule has 3 rings (SSSR count). The van der Waals surface area contributed by atoms with E-state index < -0.39 is 0 Å². The van der Waals surface area contributed by atoms with Crippen LogP contribution in [0.3, 0.4) is 0 Å². The molecule has 0 N–H and O–H groups in total. The predicted molar refractivity (Wildman–Crippen MR) is 76.1 cm³/mol. The Morgan fingerprint density at radius 3 is 2.94 bits per heavy atom. The molecule has 0 bridgehead atoms. The first-order valence-corrected chi connectivity index (χ1v) is 7.44. The van der Waals surface area contributed by atoms with Gasteiger partial charge in [-0.05, 0) is 39.7 Å². The third-order valence-electron chi connectivity index (χ3n) is 2.82. The van der Waals surface area contributed by atoms with Crippen LogP contribution in [0.5, 0.6) is 5.75 Å². The third kappa shape index (κ3) is 2.09. The molecule has 2 aromatic rings. The van der Waals surface area contributed by atoms with Crippen LogP contribution in [0.15, 0.2) is 27.4 Å². The van der Waals surface area contributed by atoms with E-state index in [1.807, 2.05) is 17.5 Å². The smallest absolute Gasteiger partial charge is 0.197 e. The van der Waals surface area contributed by atoms with Gasteiger partial charge in [0, 0.05) is 22.4 Å². The average molecular weight is 344 g/mol. The Morgan fingerprint density at radius 1 is 1.39 bits per heavy atom. The fourth-order valence-corrected chi connectivity index (χ4v) is 3.40. The Hall–Kier alpha value is -0.840. The molecule has 0 aliphatic carbocycles. The maximum absolute atomic E-state index is 12.4. The normalized spacial score (nSPS) is 13.2. The zero-order valence-corrected chi connectivity index (χ0v) is 12.4. The number of carbonyl (C=O) groups excluding carboxylic acids is 1. The minimum absolute atomic E-state index is 0.0439. The summed E-state index contributed by atoms with van der Waals surface area (Å²) in [4.78, 5) is 12.4. The highest BCUT2D eigenvalue weighted by molar-refractivity contribution is 9.11. The van der Waals surface area contributed by atoms with Gasteiger partial charge >= 0.3 is 0 Å². The summed E-state index contributed by atoms with van der Waals surface area (Å²) in [5.74, 6) is 0.643. The molecule has 0 radical (unpaired) electrons. The Morgan fingerprint density at radius 2 is 2.22 bits per heavy atom. The van der Waals surface area contributed by atoms with Crippen LogP contribution >= 0.6 is 38.9 Å². The summed E-state index contributed by atoms with van der Waals surface area (Å²) in [6, 6.07) is 5.36. The maximum Gasteiger partial charge on any atom is 0.197 e. The van der Waals surface area contributed by atoms with E-state index in [9.17, 15) is 4.79 Å². The Kier molecular flexibility index (Phi) is 3.18. The van der Waals surface area contributed by atoms with Crippen LogP contribution in [-0.2, 0) is 6.42 Å². The number of ether oxygens (including phenoxy) is 1. The highest BCUT2D eigenvalue weighted by Crippen LogP contribution is 2.35. The molecule has 2 nitrogen and oxygen atoms in total. The number of fused-ring (bicyclic) bond motifs is 1. The van der Waals surface area contributed by atoms with E-state index in [0.717, 1.165) is 15.8 Å². The summed E-state index contributed by atoms with van der Waals surface area (Å²) < 4.78 is 6.48. The van der Waals surface area contributed by atoms with Crippen LogP contribution in [0.25, 0.3) is 0 Å². The fourth-order valence-electron chi connectivity index (χ4n) is 2.02. The number of hydrogen-bond acceptors (Lipinski definition) is 3. The lowest BCUT2D eigenvalue weighted by Gasteiger charge is -2.07. The standard InChI is InChI=1S/C13H8BrClO2S/c14-11-4-8(6-18-11)12(16)10-5-9(15)3-7-1-2-17-13(7)10/h3-6H,1-2H2. The van der Waals surface area contributed by atoms with Crippen molar-refractivity contribution in [3.63, 3.8) is 0 Å². The van der Waals surface area contributed by atoms with Crippen molar-refractivity contribution in [1.82, 2.24) is 0 Å². The second-order valence-corrected chi connectivity index (χ2v) is 6.74. The SMILES string of the molecule is O=C(c1csc(Br)c1)c1cc(Cl)cc2c1OCC2. The predicted octanol–water partition coefficient (Wildman–Crippen LogP) is 4.33. The average Bonchev–Trinajstić information content (AvgIpc) is 2.95. The molecular formula is C13H8BrClO2S. The third-order valence-corrected chi connectivity index (χ3v) is 4.55. The molecule has 5 heteroatoms. The van der Waals surface area contributed by atoms with Gasteiger partial charge in [0.2, 0.25) is 0 Å². The van der Waals surface area contributed by atoms with Gasteiger partial charge in [0.05, 0.1) is 16.0 Å². The molecule has 0 fully saturated rings. The summed E-state index contributed by atoms with van der Waals surface area (Å²) in [5.41, 5.74) is 2.23. The zero-order chi connectivity index (χ0) is 12.7. The number of halogens is 2. The van der Waals surface area contributed by atoms with Gasteiger partial charge in [-0.1, -0.05) is 11.6 Å². The molecule has 0 unspecified atom stereocenters. The number of rotatable bonds is 2. The van der Waals surface area contributed by atoms with Gasteiger partial charge in [-0.3, -0.25) is 4.79 Å². The van der Waals surface area contributed by atoms with Crippen molar-refractivity contribution in [3.05, 3.63) is 49.1 Å². The highest BCUT2D eigenvalue weighted by atomic mass is 79.9. The van der Waals surface area contributed by atoms with E-state index in [2.05, 4.69) is 15.9 Å². The molecule has 2 heterocycles. The number of benzene rings is 1. The van der Waals surface area contributed by atoms with Gasteiger partial charge in [0.1, 0.15) is 5.75 Å². The second-order valence-electron chi connectivity index (χ2n) is 4.01. The first-order valence-electron chi connectivity index (χ1n) is 5.39. The summed E-state index contributed by atoms with van der Waals surface area (Å²) >= 11 is 10.9. The van der Waals surface area contributed by atoms with Gasteiger partial charge < -0.3 is 4.74 Å². The monoisotopic (exact) mass is 342 g/mol. The largest absolute Gasteiger partial charge is 0.492 e. The van der Waals surface area contributed by atoms with Crippen LogP contribution in [-0.4, -0.2) is 12.4 Å². The molecule has 0 saturated heterocycles. The van der Waals surface area contributed by atoms with E-state index in [4.69, 9.17) is 16.3 Å². The molecule has 92 valence electrons. The maximum atomic E-state index is 12.4. The summed E-state index contributed by atoms with van der Waals surface area (Å²) in [6.07, 6.45) is 0.809. The van der Waals surface area contributed by atoms with Crippen molar-refractivity contribution in [2.24, 2.45) is 0 Å². The van der Waals surface area contributed by atoms with E-state index in [-0.39, 0.29) is 5.78 Å². The topological polar surface area (TPSA) is 26.3 Å².